The lowest BCUT2D eigenvalue weighted by molar-refractivity contribution is 0.809. The highest BCUT2D eigenvalue weighted by Gasteiger charge is 2.06. The summed E-state index contributed by atoms with van der Waals surface area (Å²) in [6.45, 7) is 1.97. The molecule has 0 spiro atoms. The molecule has 0 saturated carbocycles. The quantitative estimate of drug-likeness (QED) is 0.908. The van der Waals surface area contributed by atoms with E-state index in [1.807, 2.05) is 42.1 Å². The Labute approximate surface area is 97.0 Å². The number of rotatable bonds is 2. The standard InChI is InChI=1S/C11H12BrN3/c1-8(13)10-4-3-9(7-11(10)12)15-6-2-5-14-15/h2-8H,13H2,1H3/t8-/m1/s1. The van der Waals surface area contributed by atoms with E-state index in [-0.39, 0.29) is 6.04 Å². The van der Waals surface area contributed by atoms with Crippen molar-refractivity contribution in [3.8, 4) is 5.69 Å². The Bertz CT molecular complexity index is 449. The number of nitrogens with two attached hydrogens (primary N) is 1. The third-order valence-corrected chi connectivity index (χ3v) is 2.93. The predicted molar refractivity (Wildman–Crippen MR) is 63.9 cm³/mol. The van der Waals surface area contributed by atoms with Crippen molar-refractivity contribution in [2.45, 2.75) is 13.0 Å². The Morgan fingerprint density at radius 3 is 2.80 bits per heavy atom. The van der Waals surface area contributed by atoms with E-state index in [4.69, 9.17) is 5.73 Å². The molecule has 2 N–H and O–H groups in total. The van der Waals surface area contributed by atoms with Gasteiger partial charge in [-0.1, -0.05) is 22.0 Å². The number of nitrogens with zero attached hydrogens (tertiary/aromatic N) is 2. The van der Waals surface area contributed by atoms with Crippen molar-refractivity contribution in [1.29, 1.82) is 0 Å². The SMILES string of the molecule is C[C@@H](N)c1ccc(-n2cccn2)cc1Br. The van der Waals surface area contributed by atoms with Crippen LogP contribution >= 0.6 is 15.9 Å². The first-order valence-electron chi connectivity index (χ1n) is 4.73. The van der Waals surface area contributed by atoms with Crippen molar-refractivity contribution in [2.75, 3.05) is 0 Å². The lowest BCUT2D eigenvalue weighted by atomic mass is 10.1. The number of benzene rings is 1. The molecule has 15 heavy (non-hydrogen) atoms. The molecule has 0 bridgehead atoms. The van der Waals surface area contributed by atoms with Gasteiger partial charge in [-0.15, -0.1) is 0 Å². The summed E-state index contributed by atoms with van der Waals surface area (Å²) in [4.78, 5) is 0. The maximum Gasteiger partial charge on any atom is 0.0656 e. The zero-order chi connectivity index (χ0) is 10.8. The normalized spacial score (nSPS) is 12.7. The molecule has 78 valence electrons. The van der Waals surface area contributed by atoms with Gasteiger partial charge in [-0.05, 0) is 30.7 Å². The second-order valence-corrected chi connectivity index (χ2v) is 4.30. The molecule has 2 rings (SSSR count). The topological polar surface area (TPSA) is 43.8 Å². The van der Waals surface area contributed by atoms with Gasteiger partial charge in [0.2, 0.25) is 0 Å². The first kappa shape index (κ1) is 10.4. The maximum atomic E-state index is 5.83. The summed E-state index contributed by atoms with van der Waals surface area (Å²) in [5.74, 6) is 0. The fourth-order valence-electron chi connectivity index (χ4n) is 1.45. The second kappa shape index (κ2) is 4.16. The summed E-state index contributed by atoms with van der Waals surface area (Å²) in [7, 11) is 0. The molecule has 1 atom stereocenters. The molecule has 0 saturated heterocycles. The Kier molecular flexibility index (Phi) is 2.88. The van der Waals surface area contributed by atoms with Crippen LogP contribution in [0.1, 0.15) is 18.5 Å². The van der Waals surface area contributed by atoms with Crippen molar-refractivity contribution >= 4 is 15.9 Å². The van der Waals surface area contributed by atoms with Crippen LogP contribution in [0.3, 0.4) is 0 Å². The van der Waals surface area contributed by atoms with Crippen LogP contribution in [0.15, 0.2) is 41.1 Å². The number of hydrogen-bond acceptors (Lipinski definition) is 2. The maximum absolute atomic E-state index is 5.83. The van der Waals surface area contributed by atoms with Crippen LogP contribution in [0.4, 0.5) is 0 Å². The average molecular weight is 266 g/mol. The lowest BCUT2D eigenvalue weighted by Gasteiger charge is -2.10. The summed E-state index contributed by atoms with van der Waals surface area (Å²) in [5.41, 5.74) is 7.96. The molecule has 0 aliphatic rings. The lowest BCUT2D eigenvalue weighted by Crippen LogP contribution is -2.06. The van der Waals surface area contributed by atoms with Crippen LogP contribution in [-0.4, -0.2) is 9.78 Å². The van der Waals surface area contributed by atoms with Gasteiger partial charge in [0.1, 0.15) is 0 Å². The largest absolute Gasteiger partial charge is 0.324 e. The van der Waals surface area contributed by atoms with Gasteiger partial charge in [0.25, 0.3) is 0 Å². The third-order valence-electron chi connectivity index (χ3n) is 2.24. The van der Waals surface area contributed by atoms with Gasteiger partial charge in [0.15, 0.2) is 0 Å². The molecule has 0 amide bonds. The third kappa shape index (κ3) is 2.11. The van der Waals surface area contributed by atoms with Crippen molar-refractivity contribution in [3.63, 3.8) is 0 Å². The zero-order valence-corrected chi connectivity index (χ0v) is 9.98. The molecule has 0 aliphatic heterocycles. The number of aromatic nitrogens is 2. The van der Waals surface area contributed by atoms with Gasteiger partial charge in [-0.2, -0.15) is 5.10 Å². The minimum atomic E-state index is 0.0334. The van der Waals surface area contributed by atoms with Crippen LogP contribution in [0.2, 0.25) is 0 Å². The van der Waals surface area contributed by atoms with Crippen molar-refractivity contribution < 1.29 is 0 Å². The van der Waals surface area contributed by atoms with E-state index in [0.717, 1.165) is 15.7 Å². The Morgan fingerprint density at radius 1 is 1.47 bits per heavy atom. The molecular formula is C11H12BrN3. The first-order chi connectivity index (χ1) is 7.18. The molecule has 0 unspecified atom stereocenters. The van der Waals surface area contributed by atoms with Crippen LogP contribution < -0.4 is 5.73 Å². The van der Waals surface area contributed by atoms with Crippen LogP contribution in [0, 0.1) is 0 Å². The molecule has 1 aromatic carbocycles. The number of hydrogen-bond donors (Lipinski definition) is 1. The van der Waals surface area contributed by atoms with E-state index in [1.165, 1.54) is 0 Å². The molecule has 4 heteroatoms. The van der Waals surface area contributed by atoms with E-state index < -0.39 is 0 Å². The second-order valence-electron chi connectivity index (χ2n) is 3.45. The molecule has 3 nitrogen and oxygen atoms in total. The first-order valence-corrected chi connectivity index (χ1v) is 5.53. The van der Waals surface area contributed by atoms with Gasteiger partial charge >= 0.3 is 0 Å². The summed E-state index contributed by atoms with van der Waals surface area (Å²) in [6.07, 6.45) is 3.67. The average Bonchev–Trinajstić information content (AvgIpc) is 2.69. The minimum absolute atomic E-state index is 0.0334. The molecule has 1 heterocycles. The highest BCUT2D eigenvalue weighted by atomic mass is 79.9. The van der Waals surface area contributed by atoms with Crippen molar-refractivity contribution in [3.05, 3.63) is 46.7 Å². The smallest absolute Gasteiger partial charge is 0.0656 e. The highest BCUT2D eigenvalue weighted by Crippen LogP contribution is 2.24. The summed E-state index contributed by atoms with van der Waals surface area (Å²) >= 11 is 3.51. The predicted octanol–water partition coefficient (Wildman–Crippen LogP) is 2.65. The van der Waals surface area contributed by atoms with Gasteiger partial charge in [-0.25, -0.2) is 4.68 Å². The fourth-order valence-corrected chi connectivity index (χ4v) is 2.18. The Hall–Kier alpha value is -1.13. The fraction of sp³-hybridized carbons (Fsp3) is 0.182. The molecule has 0 radical (unpaired) electrons. The van der Waals surface area contributed by atoms with Crippen molar-refractivity contribution in [2.24, 2.45) is 5.73 Å². The molecular weight excluding hydrogens is 254 g/mol. The van der Waals surface area contributed by atoms with E-state index in [2.05, 4.69) is 21.0 Å². The minimum Gasteiger partial charge on any atom is -0.324 e. The monoisotopic (exact) mass is 265 g/mol. The van der Waals surface area contributed by atoms with Gasteiger partial charge in [0.05, 0.1) is 5.69 Å². The highest BCUT2D eigenvalue weighted by molar-refractivity contribution is 9.10. The summed E-state index contributed by atoms with van der Waals surface area (Å²) in [6, 6.07) is 7.98. The van der Waals surface area contributed by atoms with Gasteiger partial charge in [-0.3, -0.25) is 0 Å². The summed E-state index contributed by atoms with van der Waals surface area (Å²) < 4.78 is 2.83. The molecule has 0 fully saturated rings. The number of halogens is 1. The van der Waals surface area contributed by atoms with Crippen LogP contribution in [0.25, 0.3) is 5.69 Å². The van der Waals surface area contributed by atoms with Crippen LogP contribution in [0.5, 0.6) is 0 Å². The molecule has 2 aromatic rings. The van der Waals surface area contributed by atoms with E-state index in [9.17, 15) is 0 Å². The van der Waals surface area contributed by atoms with E-state index in [0.29, 0.717) is 0 Å². The Morgan fingerprint density at radius 2 is 2.27 bits per heavy atom. The van der Waals surface area contributed by atoms with Crippen LogP contribution in [-0.2, 0) is 0 Å². The van der Waals surface area contributed by atoms with Gasteiger partial charge < -0.3 is 5.73 Å². The Balaban J connectivity index is 2.42. The van der Waals surface area contributed by atoms with Gasteiger partial charge in [0, 0.05) is 22.9 Å². The van der Waals surface area contributed by atoms with E-state index >= 15 is 0 Å². The summed E-state index contributed by atoms with van der Waals surface area (Å²) in [5, 5.41) is 4.17. The van der Waals surface area contributed by atoms with E-state index in [1.54, 1.807) is 6.20 Å². The molecule has 1 aromatic heterocycles. The van der Waals surface area contributed by atoms with Crippen molar-refractivity contribution in [1.82, 2.24) is 9.78 Å². The molecule has 0 aliphatic carbocycles. The zero-order valence-electron chi connectivity index (χ0n) is 8.39.